The van der Waals surface area contributed by atoms with E-state index in [1.54, 1.807) is 38.1 Å². The van der Waals surface area contributed by atoms with Gasteiger partial charge in [-0.15, -0.1) is 0 Å². The second-order valence-electron chi connectivity index (χ2n) is 9.22. The summed E-state index contributed by atoms with van der Waals surface area (Å²) in [5, 5.41) is 35.9. The molecule has 0 bridgehead atoms. The Labute approximate surface area is 226 Å². The van der Waals surface area contributed by atoms with Crippen LogP contribution in [0.4, 0.5) is 0 Å². The van der Waals surface area contributed by atoms with Crippen molar-refractivity contribution in [1.82, 2.24) is 16.0 Å². The van der Waals surface area contributed by atoms with E-state index in [0.29, 0.717) is 11.1 Å². The topological polar surface area (TPSA) is 191 Å². The molecule has 2 aromatic carbocycles. The Morgan fingerprint density at radius 1 is 0.763 bits per heavy atom. The van der Waals surface area contributed by atoms with Crippen LogP contribution in [0.1, 0.15) is 25.0 Å². The van der Waals surface area contributed by atoms with Crippen molar-refractivity contribution < 1.29 is 34.5 Å². The van der Waals surface area contributed by atoms with Crippen LogP contribution in [0.2, 0.25) is 0 Å². The predicted octanol–water partition coefficient (Wildman–Crippen LogP) is 0.335. The molecular formula is C26H34N4O7S. The zero-order chi connectivity index (χ0) is 28.4. The number of thiol groups is 1. The standard InChI is InChI=1S/C26H34N4O7S/c1-14(2)22(25(35)29-21(13-38)26(36)37)30-24(34)20(12-16-5-9-18(32)10-6-16)28-23(33)19(27)11-15-3-7-17(31)8-4-15/h3-10,14,19-22,31-32,38H,11-13,27H2,1-2H3,(H,28,33)(H,29,35)(H,30,34)(H,36,37). The van der Waals surface area contributed by atoms with Crippen LogP contribution < -0.4 is 21.7 Å². The molecule has 0 aliphatic carbocycles. The Morgan fingerprint density at radius 2 is 1.24 bits per heavy atom. The average Bonchev–Trinajstić information content (AvgIpc) is 2.87. The highest BCUT2D eigenvalue weighted by Crippen LogP contribution is 2.14. The second kappa shape index (κ2) is 14.2. The summed E-state index contributed by atoms with van der Waals surface area (Å²) in [5.41, 5.74) is 7.41. The molecule has 4 atom stereocenters. The van der Waals surface area contributed by atoms with Gasteiger partial charge in [0, 0.05) is 12.2 Å². The first kappa shape index (κ1) is 30.5. The van der Waals surface area contributed by atoms with E-state index in [2.05, 4.69) is 28.6 Å². The van der Waals surface area contributed by atoms with E-state index in [-0.39, 0.29) is 30.1 Å². The van der Waals surface area contributed by atoms with E-state index in [4.69, 9.17) is 5.73 Å². The SMILES string of the molecule is CC(C)C(NC(=O)C(Cc1ccc(O)cc1)NC(=O)C(N)Cc1ccc(O)cc1)C(=O)NC(CS)C(=O)O. The number of aliphatic carboxylic acids is 1. The smallest absolute Gasteiger partial charge is 0.327 e. The van der Waals surface area contributed by atoms with Gasteiger partial charge in [0.25, 0.3) is 0 Å². The van der Waals surface area contributed by atoms with Gasteiger partial charge in [-0.25, -0.2) is 4.79 Å². The number of phenols is 2. The van der Waals surface area contributed by atoms with E-state index in [9.17, 15) is 34.5 Å². The van der Waals surface area contributed by atoms with E-state index >= 15 is 0 Å². The van der Waals surface area contributed by atoms with Gasteiger partial charge in [-0.2, -0.15) is 12.6 Å². The minimum atomic E-state index is -1.26. The fraction of sp³-hybridized carbons (Fsp3) is 0.385. The minimum absolute atomic E-state index is 0.0309. The van der Waals surface area contributed by atoms with E-state index in [0.717, 1.165) is 0 Å². The molecule has 38 heavy (non-hydrogen) atoms. The average molecular weight is 547 g/mol. The third kappa shape index (κ3) is 9.27. The largest absolute Gasteiger partial charge is 0.508 e. The van der Waals surface area contributed by atoms with Crippen molar-refractivity contribution in [2.24, 2.45) is 11.7 Å². The molecule has 0 heterocycles. The summed E-state index contributed by atoms with van der Waals surface area (Å²) in [7, 11) is 0. The van der Waals surface area contributed by atoms with Crippen LogP contribution in [-0.2, 0) is 32.0 Å². The van der Waals surface area contributed by atoms with Crippen molar-refractivity contribution in [2.75, 3.05) is 5.75 Å². The zero-order valence-electron chi connectivity index (χ0n) is 21.1. The van der Waals surface area contributed by atoms with Crippen LogP contribution in [0.25, 0.3) is 0 Å². The normalized spacial score (nSPS) is 14.1. The van der Waals surface area contributed by atoms with Gasteiger partial charge in [-0.3, -0.25) is 14.4 Å². The number of phenolic OH excluding ortho intramolecular Hbond substituents is 2. The monoisotopic (exact) mass is 546 g/mol. The third-order valence-electron chi connectivity index (χ3n) is 5.78. The van der Waals surface area contributed by atoms with Crippen LogP contribution in [0, 0.1) is 5.92 Å². The van der Waals surface area contributed by atoms with Gasteiger partial charge in [0.05, 0.1) is 6.04 Å². The van der Waals surface area contributed by atoms with Gasteiger partial charge >= 0.3 is 5.97 Å². The van der Waals surface area contributed by atoms with Crippen molar-refractivity contribution >= 4 is 36.3 Å². The Kier molecular flexibility index (Phi) is 11.4. The number of nitrogens with two attached hydrogens (primary N) is 1. The molecule has 206 valence electrons. The lowest BCUT2D eigenvalue weighted by Crippen LogP contribution is -2.59. The van der Waals surface area contributed by atoms with Crippen LogP contribution in [-0.4, -0.2) is 68.9 Å². The van der Waals surface area contributed by atoms with Gasteiger partial charge in [0.2, 0.25) is 17.7 Å². The molecule has 0 aliphatic heterocycles. The number of carboxylic acid groups (broad SMARTS) is 1. The lowest BCUT2D eigenvalue weighted by Gasteiger charge is -2.27. The molecule has 0 fully saturated rings. The summed E-state index contributed by atoms with van der Waals surface area (Å²) >= 11 is 3.94. The highest BCUT2D eigenvalue weighted by atomic mass is 32.1. The molecule has 0 aliphatic rings. The molecular weight excluding hydrogens is 512 g/mol. The molecule has 11 nitrogen and oxygen atoms in total. The number of hydrogen-bond acceptors (Lipinski definition) is 8. The maximum absolute atomic E-state index is 13.3. The lowest BCUT2D eigenvalue weighted by molar-refractivity contribution is -0.142. The third-order valence-corrected chi connectivity index (χ3v) is 6.15. The Bertz CT molecular complexity index is 1110. The molecule has 3 amide bonds. The highest BCUT2D eigenvalue weighted by Gasteiger charge is 2.31. The summed E-state index contributed by atoms with van der Waals surface area (Å²) in [6.45, 7) is 3.37. The molecule has 0 aromatic heterocycles. The number of rotatable bonds is 13. The van der Waals surface area contributed by atoms with E-state index in [1.807, 2.05) is 0 Å². The summed E-state index contributed by atoms with van der Waals surface area (Å²) in [4.78, 5) is 50.4. The first-order valence-corrected chi connectivity index (χ1v) is 12.6. The lowest BCUT2D eigenvalue weighted by atomic mass is 10.00. The van der Waals surface area contributed by atoms with Crippen LogP contribution in [0.3, 0.4) is 0 Å². The number of benzene rings is 2. The summed E-state index contributed by atoms with van der Waals surface area (Å²) < 4.78 is 0. The molecule has 2 aromatic rings. The van der Waals surface area contributed by atoms with Gasteiger partial charge in [-0.05, 0) is 47.7 Å². The molecule has 0 saturated carbocycles. The number of aromatic hydroxyl groups is 2. The number of carbonyl (C=O) groups is 4. The fourth-order valence-electron chi connectivity index (χ4n) is 3.57. The highest BCUT2D eigenvalue weighted by molar-refractivity contribution is 7.80. The van der Waals surface area contributed by atoms with Crippen LogP contribution in [0.15, 0.2) is 48.5 Å². The summed E-state index contributed by atoms with van der Waals surface area (Å²) in [6.07, 6.45) is 0.182. The van der Waals surface area contributed by atoms with Gasteiger partial charge in [0.15, 0.2) is 0 Å². The van der Waals surface area contributed by atoms with Crippen LogP contribution >= 0.6 is 12.6 Å². The van der Waals surface area contributed by atoms with Gasteiger partial charge < -0.3 is 37.0 Å². The molecule has 0 saturated heterocycles. The number of carboxylic acids is 1. The molecule has 0 spiro atoms. The molecule has 8 N–H and O–H groups in total. The number of hydrogen-bond donors (Lipinski definition) is 8. The van der Waals surface area contributed by atoms with Crippen molar-refractivity contribution in [1.29, 1.82) is 0 Å². The first-order chi connectivity index (χ1) is 17.9. The molecule has 4 unspecified atom stereocenters. The Morgan fingerprint density at radius 3 is 1.68 bits per heavy atom. The van der Waals surface area contributed by atoms with E-state index < -0.39 is 53.8 Å². The minimum Gasteiger partial charge on any atom is -0.508 e. The van der Waals surface area contributed by atoms with Crippen molar-refractivity contribution in [3.05, 3.63) is 59.7 Å². The van der Waals surface area contributed by atoms with Crippen LogP contribution in [0.5, 0.6) is 11.5 Å². The predicted molar refractivity (Wildman–Crippen MR) is 144 cm³/mol. The van der Waals surface area contributed by atoms with Crippen molar-refractivity contribution in [2.45, 2.75) is 50.9 Å². The summed E-state index contributed by atoms with van der Waals surface area (Å²) in [5.74, 6) is -3.68. The van der Waals surface area contributed by atoms with Crippen molar-refractivity contribution in [3.63, 3.8) is 0 Å². The number of amides is 3. The molecule has 2 rings (SSSR count). The molecule has 12 heteroatoms. The fourth-order valence-corrected chi connectivity index (χ4v) is 3.82. The Balaban J connectivity index is 2.21. The van der Waals surface area contributed by atoms with Gasteiger partial charge in [-0.1, -0.05) is 38.1 Å². The Hall–Kier alpha value is -3.77. The van der Waals surface area contributed by atoms with E-state index in [1.165, 1.54) is 24.3 Å². The molecule has 0 radical (unpaired) electrons. The second-order valence-corrected chi connectivity index (χ2v) is 9.59. The first-order valence-electron chi connectivity index (χ1n) is 12.0. The van der Waals surface area contributed by atoms with Gasteiger partial charge in [0.1, 0.15) is 29.6 Å². The summed E-state index contributed by atoms with van der Waals surface area (Å²) in [6, 6.07) is 7.80. The van der Waals surface area contributed by atoms with Crippen molar-refractivity contribution in [3.8, 4) is 11.5 Å². The zero-order valence-corrected chi connectivity index (χ0v) is 22.0. The maximum Gasteiger partial charge on any atom is 0.327 e. The maximum atomic E-state index is 13.3. The number of nitrogens with one attached hydrogen (secondary N) is 3. The quantitative estimate of drug-likeness (QED) is 0.165. The number of carbonyl (C=O) groups excluding carboxylic acids is 3.